The Balaban J connectivity index is 1.22. The minimum Gasteiger partial charge on any atom is -0.312 e. The molecular weight excluding hydrogens is 759 g/mol. The first kappa shape index (κ1) is 39.3. The molecule has 3 heteroatoms. The molecule has 0 amide bonds. The second-order valence-electron chi connectivity index (χ2n) is 19.2. The topological polar surface area (TPSA) is 6.48 Å². The van der Waals surface area contributed by atoms with Gasteiger partial charge in [-0.05, 0) is 141 Å². The van der Waals surface area contributed by atoms with Crippen LogP contribution in [0.3, 0.4) is 0 Å². The van der Waals surface area contributed by atoms with Gasteiger partial charge in [-0.15, -0.1) is 0 Å². The molecule has 8 aromatic carbocycles. The first-order chi connectivity index (χ1) is 30.6. The number of anilines is 6. The maximum Gasteiger partial charge on any atom is 0.247 e. The number of hydrogen-bond acceptors (Lipinski definition) is 2. The first-order valence-electron chi connectivity index (χ1n) is 23.0. The van der Waals surface area contributed by atoms with Crippen LogP contribution in [0.4, 0.5) is 34.1 Å². The molecule has 0 saturated carbocycles. The molecule has 0 aromatic heterocycles. The summed E-state index contributed by atoms with van der Waals surface area (Å²) in [5, 5.41) is 0. The normalized spacial score (nSPS) is 14.2. The standard InChI is InChI=1S/C60H55BN2/c1-37(2)42-34-47(38(3)4)59(48(35-42)39(5)6)61-53-24-16-17-25-57(53)62(43-18-10-9-11-19-43)58-31-28-44(36-54(58)61)63-55-29-26-40(7)32-51(55)60(52-33-41(8)27-30-56(52)63)49-22-14-12-20-45(49)46-21-13-15-23-50(46)60/h9-39H,1-8H3. The van der Waals surface area contributed by atoms with Gasteiger partial charge in [-0.2, -0.15) is 0 Å². The van der Waals surface area contributed by atoms with E-state index < -0.39 is 5.41 Å². The molecule has 8 aromatic rings. The lowest BCUT2D eigenvalue weighted by molar-refractivity contribution is 0.750. The van der Waals surface area contributed by atoms with E-state index in [1.54, 1.807) is 0 Å². The second-order valence-corrected chi connectivity index (χ2v) is 19.2. The van der Waals surface area contributed by atoms with Crippen molar-refractivity contribution in [3.05, 3.63) is 220 Å². The van der Waals surface area contributed by atoms with Crippen LogP contribution in [0.5, 0.6) is 0 Å². The number of para-hydroxylation sites is 2. The fourth-order valence-corrected chi connectivity index (χ4v) is 11.5. The molecule has 0 radical (unpaired) electrons. The molecule has 11 rings (SSSR count). The number of fused-ring (bicyclic) bond motifs is 11. The van der Waals surface area contributed by atoms with Gasteiger partial charge in [0.15, 0.2) is 0 Å². The Kier molecular flexibility index (Phi) is 9.21. The van der Waals surface area contributed by atoms with Crippen LogP contribution in [0.1, 0.15) is 109 Å². The lowest BCUT2D eigenvalue weighted by Crippen LogP contribution is -2.59. The van der Waals surface area contributed by atoms with Crippen LogP contribution >= 0.6 is 0 Å². The van der Waals surface area contributed by atoms with Crippen molar-refractivity contribution >= 4 is 57.2 Å². The highest BCUT2D eigenvalue weighted by atomic mass is 15.2. The summed E-state index contributed by atoms with van der Waals surface area (Å²) in [5.74, 6) is 1.14. The largest absolute Gasteiger partial charge is 0.312 e. The number of rotatable bonds is 6. The van der Waals surface area contributed by atoms with Crippen LogP contribution in [0, 0.1) is 13.8 Å². The molecule has 63 heavy (non-hydrogen) atoms. The fraction of sp³-hybridized carbons (Fsp3) is 0.200. The van der Waals surface area contributed by atoms with Crippen molar-refractivity contribution in [1.82, 2.24) is 0 Å². The number of aryl methyl sites for hydroxylation is 2. The van der Waals surface area contributed by atoms with Crippen LogP contribution in [-0.4, -0.2) is 6.71 Å². The third-order valence-electron chi connectivity index (χ3n) is 14.3. The minimum atomic E-state index is -0.470. The van der Waals surface area contributed by atoms with E-state index in [-0.39, 0.29) is 6.71 Å². The van der Waals surface area contributed by atoms with E-state index in [1.165, 1.54) is 112 Å². The third kappa shape index (κ3) is 5.78. The van der Waals surface area contributed by atoms with Gasteiger partial charge >= 0.3 is 0 Å². The molecule has 0 N–H and O–H groups in total. The van der Waals surface area contributed by atoms with Crippen LogP contribution in [0.2, 0.25) is 0 Å². The molecule has 1 spiro atoms. The first-order valence-corrected chi connectivity index (χ1v) is 23.0. The van der Waals surface area contributed by atoms with Gasteiger partial charge in [0.25, 0.3) is 0 Å². The summed E-state index contributed by atoms with van der Waals surface area (Å²) in [6, 6.07) is 65.2. The maximum absolute atomic E-state index is 2.58. The highest BCUT2D eigenvalue weighted by molar-refractivity contribution is 6.98. The summed E-state index contributed by atoms with van der Waals surface area (Å²) < 4.78 is 0. The van der Waals surface area contributed by atoms with E-state index in [0.717, 1.165) is 0 Å². The van der Waals surface area contributed by atoms with E-state index in [4.69, 9.17) is 0 Å². The zero-order valence-electron chi connectivity index (χ0n) is 37.9. The summed E-state index contributed by atoms with van der Waals surface area (Å²) in [5.41, 5.74) is 25.8. The molecule has 2 heterocycles. The van der Waals surface area contributed by atoms with Gasteiger partial charge in [-0.3, -0.25) is 0 Å². The van der Waals surface area contributed by atoms with E-state index in [2.05, 4.69) is 235 Å². The zero-order valence-corrected chi connectivity index (χ0v) is 37.9. The molecule has 0 fully saturated rings. The van der Waals surface area contributed by atoms with Gasteiger partial charge in [0.05, 0.1) is 16.8 Å². The molecule has 0 unspecified atom stereocenters. The van der Waals surface area contributed by atoms with Crippen molar-refractivity contribution in [2.75, 3.05) is 9.80 Å². The summed E-state index contributed by atoms with van der Waals surface area (Å²) in [7, 11) is 0. The van der Waals surface area contributed by atoms with Crippen LogP contribution < -0.4 is 26.2 Å². The predicted molar refractivity (Wildman–Crippen MR) is 270 cm³/mol. The van der Waals surface area contributed by atoms with E-state index in [0.29, 0.717) is 17.8 Å². The Morgan fingerprint density at radius 2 is 0.889 bits per heavy atom. The Labute approximate surface area is 375 Å². The lowest BCUT2D eigenvalue weighted by atomic mass is 9.33. The van der Waals surface area contributed by atoms with Crippen molar-refractivity contribution < 1.29 is 0 Å². The van der Waals surface area contributed by atoms with Crippen molar-refractivity contribution in [3.63, 3.8) is 0 Å². The molecule has 1 aliphatic carbocycles. The van der Waals surface area contributed by atoms with Crippen molar-refractivity contribution in [2.45, 2.75) is 78.6 Å². The van der Waals surface area contributed by atoms with E-state index in [9.17, 15) is 0 Å². The zero-order chi connectivity index (χ0) is 43.3. The predicted octanol–water partition coefficient (Wildman–Crippen LogP) is 14.1. The molecule has 308 valence electrons. The number of hydrogen-bond donors (Lipinski definition) is 0. The lowest BCUT2D eigenvalue weighted by Gasteiger charge is -2.46. The average molecular weight is 815 g/mol. The van der Waals surface area contributed by atoms with Crippen molar-refractivity contribution in [1.29, 1.82) is 0 Å². The van der Waals surface area contributed by atoms with Crippen molar-refractivity contribution in [3.8, 4) is 11.1 Å². The van der Waals surface area contributed by atoms with E-state index in [1.807, 2.05) is 0 Å². The summed E-state index contributed by atoms with van der Waals surface area (Å²) in [4.78, 5) is 5.08. The Morgan fingerprint density at radius 3 is 1.46 bits per heavy atom. The smallest absolute Gasteiger partial charge is 0.247 e. The minimum absolute atomic E-state index is 0.0202. The molecular formula is C60H55BN2. The van der Waals surface area contributed by atoms with Crippen LogP contribution in [0.25, 0.3) is 11.1 Å². The summed E-state index contributed by atoms with van der Waals surface area (Å²) in [6.45, 7) is 18.7. The van der Waals surface area contributed by atoms with Crippen LogP contribution in [-0.2, 0) is 5.41 Å². The molecule has 0 bridgehead atoms. The molecule has 0 saturated heterocycles. The van der Waals surface area contributed by atoms with E-state index >= 15 is 0 Å². The van der Waals surface area contributed by atoms with Gasteiger partial charge in [-0.25, -0.2) is 0 Å². The van der Waals surface area contributed by atoms with Gasteiger partial charge in [0.2, 0.25) is 6.71 Å². The summed E-state index contributed by atoms with van der Waals surface area (Å²) in [6.07, 6.45) is 0. The maximum atomic E-state index is 2.58. The van der Waals surface area contributed by atoms with Gasteiger partial charge in [0, 0.05) is 22.7 Å². The highest BCUT2D eigenvalue weighted by Gasteiger charge is 2.52. The highest BCUT2D eigenvalue weighted by Crippen LogP contribution is 2.63. The van der Waals surface area contributed by atoms with Crippen molar-refractivity contribution in [2.24, 2.45) is 0 Å². The second kappa shape index (κ2) is 14.8. The van der Waals surface area contributed by atoms with Gasteiger partial charge in [0.1, 0.15) is 0 Å². The Morgan fingerprint density at radius 1 is 0.397 bits per heavy atom. The van der Waals surface area contributed by atoms with Gasteiger partial charge < -0.3 is 9.80 Å². The average Bonchev–Trinajstić information content (AvgIpc) is 3.59. The summed E-state index contributed by atoms with van der Waals surface area (Å²) >= 11 is 0. The monoisotopic (exact) mass is 814 g/mol. The molecule has 0 atom stereocenters. The Hall–Kier alpha value is -6.58. The Bertz CT molecular complexity index is 2970. The quantitative estimate of drug-likeness (QED) is 0.154. The fourth-order valence-electron chi connectivity index (χ4n) is 11.5. The van der Waals surface area contributed by atoms with Gasteiger partial charge in [-0.1, -0.05) is 179 Å². The third-order valence-corrected chi connectivity index (χ3v) is 14.3. The number of benzene rings is 8. The molecule has 2 nitrogen and oxygen atoms in total. The SMILES string of the molecule is Cc1ccc2c(c1)C1(c3ccccc3-c3ccccc31)c1cc(C)ccc1N2c1ccc2c(c1)B(c1c(C(C)C)cc(C(C)C)cc1C(C)C)c1ccccc1N2c1ccccc1. The molecule has 3 aliphatic rings. The number of nitrogens with zero attached hydrogens (tertiary/aromatic N) is 2. The van der Waals surface area contributed by atoms with Crippen LogP contribution in [0.15, 0.2) is 170 Å². The molecule has 2 aliphatic heterocycles.